The Balaban J connectivity index is 1.74. The monoisotopic (exact) mass is 433 g/mol. The highest BCUT2D eigenvalue weighted by Crippen LogP contribution is 2.32. The molecule has 0 N–H and O–H groups in total. The third kappa shape index (κ3) is 4.43. The van der Waals surface area contributed by atoms with E-state index in [1.807, 2.05) is 23.1 Å². The molecule has 0 atom stereocenters. The van der Waals surface area contributed by atoms with Gasteiger partial charge < -0.3 is 4.90 Å². The number of likely N-dealkylation sites (N-methyl/N-ethyl adjacent to an activating group) is 1. The maximum Gasteiger partial charge on any atom is 0.260 e. The predicted octanol–water partition coefficient (Wildman–Crippen LogP) is 4.84. The molecule has 0 aliphatic rings. The number of carbonyl (C=O) groups excluding carboxylic acids is 1. The van der Waals surface area contributed by atoms with Crippen LogP contribution in [0.5, 0.6) is 0 Å². The fourth-order valence-corrected chi connectivity index (χ4v) is 4.96. The van der Waals surface area contributed by atoms with Crippen LogP contribution in [-0.2, 0) is 0 Å². The van der Waals surface area contributed by atoms with E-state index in [0.29, 0.717) is 17.6 Å². The molecule has 31 heavy (non-hydrogen) atoms. The topological polar surface area (TPSA) is 62.2 Å². The first kappa shape index (κ1) is 21.3. The largest absolute Gasteiger partial charge is 0.302 e. The van der Waals surface area contributed by atoms with Crippen LogP contribution >= 0.6 is 11.3 Å². The maximum absolute atomic E-state index is 13.6. The number of aryl methyl sites for hydroxylation is 2. The van der Waals surface area contributed by atoms with Crippen molar-refractivity contribution in [3.63, 3.8) is 0 Å². The van der Waals surface area contributed by atoms with Gasteiger partial charge in [-0.15, -0.1) is 0 Å². The average molecular weight is 434 g/mol. The highest BCUT2D eigenvalue weighted by atomic mass is 32.1. The molecule has 0 radical (unpaired) electrons. The van der Waals surface area contributed by atoms with Gasteiger partial charge in [-0.25, -0.2) is 4.98 Å². The molecular formula is C24H27N5OS. The first-order chi connectivity index (χ1) is 15.0. The second-order valence-electron chi connectivity index (χ2n) is 7.67. The van der Waals surface area contributed by atoms with Gasteiger partial charge >= 0.3 is 0 Å². The lowest BCUT2D eigenvalue weighted by Gasteiger charge is -2.24. The summed E-state index contributed by atoms with van der Waals surface area (Å²) in [5, 5.41) is 0.736. The third-order valence-electron chi connectivity index (χ3n) is 5.55. The zero-order valence-corrected chi connectivity index (χ0v) is 19.2. The van der Waals surface area contributed by atoms with E-state index in [9.17, 15) is 4.79 Å². The molecule has 2 heterocycles. The van der Waals surface area contributed by atoms with Crippen molar-refractivity contribution in [2.45, 2.75) is 27.7 Å². The Bertz CT molecular complexity index is 1230. The molecule has 0 aliphatic heterocycles. The van der Waals surface area contributed by atoms with Crippen molar-refractivity contribution >= 4 is 43.6 Å². The summed E-state index contributed by atoms with van der Waals surface area (Å²) in [6.45, 7) is 11.7. The summed E-state index contributed by atoms with van der Waals surface area (Å²) in [6.07, 6.45) is 3.30. The van der Waals surface area contributed by atoms with Crippen LogP contribution in [-0.4, -0.2) is 51.9 Å². The summed E-state index contributed by atoms with van der Waals surface area (Å²) in [6, 6.07) is 9.77. The van der Waals surface area contributed by atoms with E-state index in [1.54, 1.807) is 23.7 Å². The number of thiazole rings is 1. The predicted molar refractivity (Wildman–Crippen MR) is 128 cm³/mol. The van der Waals surface area contributed by atoms with Gasteiger partial charge in [0.2, 0.25) is 0 Å². The van der Waals surface area contributed by atoms with E-state index < -0.39 is 0 Å². The van der Waals surface area contributed by atoms with Gasteiger partial charge in [-0.05, 0) is 62.3 Å². The molecule has 0 saturated carbocycles. The smallest absolute Gasteiger partial charge is 0.260 e. The summed E-state index contributed by atoms with van der Waals surface area (Å²) in [7, 11) is 0. The van der Waals surface area contributed by atoms with Crippen molar-refractivity contribution in [2.75, 3.05) is 31.1 Å². The molecule has 0 bridgehead atoms. The number of benzene rings is 2. The Labute approximate surface area is 186 Å². The zero-order chi connectivity index (χ0) is 22.0. The second-order valence-corrected chi connectivity index (χ2v) is 8.68. The molecule has 0 saturated heterocycles. The van der Waals surface area contributed by atoms with Gasteiger partial charge in [-0.1, -0.05) is 31.3 Å². The molecule has 2 aromatic heterocycles. The summed E-state index contributed by atoms with van der Waals surface area (Å²) >= 11 is 1.57. The molecule has 0 unspecified atom stereocenters. The molecule has 1 amide bonds. The Kier molecular flexibility index (Phi) is 6.25. The number of amides is 1. The van der Waals surface area contributed by atoms with Crippen molar-refractivity contribution in [1.82, 2.24) is 19.9 Å². The molecule has 7 heteroatoms. The zero-order valence-electron chi connectivity index (χ0n) is 18.4. The van der Waals surface area contributed by atoms with Crippen molar-refractivity contribution in [3.05, 3.63) is 59.4 Å². The minimum Gasteiger partial charge on any atom is -0.302 e. The van der Waals surface area contributed by atoms with Gasteiger partial charge in [0.1, 0.15) is 0 Å². The van der Waals surface area contributed by atoms with Gasteiger partial charge in [-0.3, -0.25) is 19.7 Å². The molecule has 4 rings (SSSR count). The van der Waals surface area contributed by atoms with Gasteiger partial charge in [-0.2, -0.15) is 0 Å². The van der Waals surface area contributed by atoms with Gasteiger partial charge in [0.05, 0.1) is 21.3 Å². The fourth-order valence-electron chi connectivity index (χ4n) is 3.79. The highest BCUT2D eigenvalue weighted by Gasteiger charge is 2.23. The first-order valence-electron chi connectivity index (χ1n) is 10.6. The minimum atomic E-state index is -0.0619. The van der Waals surface area contributed by atoms with Crippen LogP contribution in [0.4, 0.5) is 5.13 Å². The summed E-state index contributed by atoms with van der Waals surface area (Å²) in [4.78, 5) is 31.3. The molecule has 4 aromatic rings. The van der Waals surface area contributed by atoms with Gasteiger partial charge in [0, 0.05) is 31.0 Å². The molecular weight excluding hydrogens is 406 g/mol. The Morgan fingerprint density at radius 2 is 1.71 bits per heavy atom. The molecule has 160 valence electrons. The average Bonchev–Trinajstić information content (AvgIpc) is 3.20. The maximum atomic E-state index is 13.6. The van der Waals surface area contributed by atoms with E-state index in [-0.39, 0.29) is 5.91 Å². The molecule has 2 aromatic carbocycles. The lowest BCUT2D eigenvalue weighted by molar-refractivity contribution is 0.0984. The summed E-state index contributed by atoms with van der Waals surface area (Å²) < 4.78 is 1.11. The molecule has 0 fully saturated rings. The summed E-state index contributed by atoms with van der Waals surface area (Å²) in [5.74, 6) is -0.0619. The van der Waals surface area contributed by atoms with Crippen molar-refractivity contribution < 1.29 is 4.79 Å². The number of hydrogen-bond acceptors (Lipinski definition) is 6. The second kappa shape index (κ2) is 9.08. The quantitative estimate of drug-likeness (QED) is 0.417. The van der Waals surface area contributed by atoms with Gasteiger partial charge in [0.25, 0.3) is 5.91 Å². The minimum absolute atomic E-state index is 0.0619. The van der Waals surface area contributed by atoms with Crippen molar-refractivity contribution in [3.8, 4) is 0 Å². The van der Waals surface area contributed by atoms with E-state index in [4.69, 9.17) is 4.98 Å². The van der Waals surface area contributed by atoms with Crippen molar-refractivity contribution in [1.29, 1.82) is 0 Å². The van der Waals surface area contributed by atoms with Crippen LogP contribution < -0.4 is 4.90 Å². The number of carbonyl (C=O) groups is 1. The Hall–Kier alpha value is -2.90. The van der Waals surface area contributed by atoms with Crippen LogP contribution in [0.25, 0.3) is 21.3 Å². The third-order valence-corrected chi connectivity index (χ3v) is 6.57. The van der Waals surface area contributed by atoms with E-state index >= 15 is 0 Å². The van der Waals surface area contributed by atoms with Crippen LogP contribution in [0.3, 0.4) is 0 Å². The lowest BCUT2D eigenvalue weighted by atomic mass is 10.1. The first-order valence-corrected chi connectivity index (χ1v) is 11.4. The number of fused-ring (bicyclic) bond motifs is 2. The molecule has 0 aliphatic carbocycles. The van der Waals surface area contributed by atoms with E-state index in [0.717, 1.165) is 46.1 Å². The molecule has 0 spiro atoms. The molecule has 6 nitrogen and oxygen atoms in total. The van der Waals surface area contributed by atoms with E-state index in [2.05, 4.69) is 54.7 Å². The van der Waals surface area contributed by atoms with Crippen LogP contribution in [0.15, 0.2) is 42.7 Å². The Morgan fingerprint density at radius 3 is 2.45 bits per heavy atom. The summed E-state index contributed by atoms with van der Waals surface area (Å²) in [5.41, 5.74) is 5.40. The van der Waals surface area contributed by atoms with Gasteiger partial charge in [0.15, 0.2) is 5.13 Å². The van der Waals surface area contributed by atoms with Crippen molar-refractivity contribution in [2.24, 2.45) is 0 Å². The lowest BCUT2D eigenvalue weighted by Crippen LogP contribution is -2.38. The number of anilines is 1. The normalized spacial score (nSPS) is 11.5. The van der Waals surface area contributed by atoms with Crippen LogP contribution in [0, 0.1) is 13.8 Å². The fraction of sp³-hybridized carbons (Fsp3) is 0.333. The van der Waals surface area contributed by atoms with Crippen LogP contribution in [0.2, 0.25) is 0 Å². The van der Waals surface area contributed by atoms with E-state index in [1.165, 1.54) is 5.56 Å². The number of nitrogens with zero attached hydrogens (tertiary/aromatic N) is 5. The van der Waals surface area contributed by atoms with Crippen LogP contribution in [0.1, 0.15) is 35.3 Å². The SMILES string of the molecule is CCN(CC)CCN(C(=O)c1ccc2nccnc2c1)c1nc2c(C)cc(C)cc2s1. The number of aromatic nitrogens is 3. The Morgan fingerprint density at radius 1 is 0.968 bits per heavy atom. The number of rotatable bonds is 7. The standard InChI is InChI=1S/C24H27N5OS/c1-5-28(6-2)11-12-29(24-27-22-17(4)13-16(3)14-21(22)31-24)23(30)18-7-8-19-20(15-18)26-10-9-25-19/h7-10,13-15H,5-6,11-12H2,1-4H3. The number of hydrogen-bond donors (Lipinski definition) is 0. The highest BCUT2D eigenvalue weighted by molar-refractivity contribution is 7.22.